The number of aromatic nitrogens is 2. The summed E-state index contributed by atoms with van der Waals surface area (Å²) in [4.78, 5) is 4.81. The molecular weight excluding hydrogens is 316 g/mol. The van der Waals surface area contributed by atoms with E-state index in [1.165, 1.54) is 0 Å². The smallest absolute Gasteiger partial charge is 0.329 e. The molecule has 0 aliphatic heterocycles. The highest BCUT2D eigenvalue weighted by atomic mass is 35.7. The van der Waals surface area contributed by atoms with E-state index in [0.717, 1.165) is 6.07 Å². The Kier molecular flexibility index (Phi) is 2.99. The van der Waals surface area contributed by atoms with Crippen LogP contribution in [0.25, 0.3) is 11.0 Å². The van der Waals surface area contributed by atoms with Crippen molar-refractivity contribution in [3.8, 4) is 0 Å². The largest absolute Gasteiger partial charge is 0.417 e. The second-order valence-corrected chi connectivity index (χ2v) is 6.16. The van der Waals surface area contributed by atoms with Crippen molar-refractivity contribution in [1.82, 2.24) is 9.97 Å². The molecule has 2 aromatic rings. The summed E-state index contributed by atoms with van der Waals surface area (Å²) in [5.74, 6) is 0. The fourth-order valence-corrected chi connectivity index (χ4v) is 2.98. The molecular formula is C8H3Cl2F3N2O2S. The van der Waals surface area contributed by atoms with E-state index in [1.54, 1.807) is 0 Å². The lowest BCUT2D eigenvalue weighted by Crippen LogP contribution is -2.11. The minimum absolute atomic E-state index is 0.0484. The van der Waals surface area contributed by atoms with Gasteiger partial charge in [0.15, 0.2) is 0 Å². The Labute approximate surface area is 108 Å². The van der Waals surface area contributed by atoms with Gasteiger partial charge in [0.25, 0.3) is 9.05 Å². The molecule has 0 atom stereocenters. The van der Waals surface area contributed by atoms with Crippen LogP contribution < -0.4 is 0 Å². The zero-order valence-electron chi connectivity index (χ0n) is 8.22. The average molecular weight is 319 g/mol. The van der Waals surface area contributed by atoms with Gasteiger partial charge in [-0.25, -0.2) is 13.4 Å². The quantitative estimate of drug-likeness (QED) is 0.821. The van der Waals surface area contributed by atoms with Crippen LogP contribution in [0.15, 0.2) is 17.0 Å². The van der Waals surface area contributed by atoms with Crippen molar-refractivity contribution >= 4 is 42.4 Å². The van der Waals surface area contributed by atoms with Gasteiger partial charge in [0, 0.05) is 10.7 Å². The number of alkyl halides is 3. The molecule has 4 nitrogen and oxygen atoms in total. The normalized spacial score (nSPS) is 13.2. The summed E-state index contributed by atoms with van der Waals surface area (Å²) in [6.07, 6.45) is -4.86. The van der Waals surface area contributed by atoms with Gasteiger partial charge < -0.3 is 4.98 Å². The Balaban J connectivity index is 2.97. The molecule has 0 bridgehead atoms. The molecule has 2 rings (SSSR count). The molecule has 0 fully saturated rings. The summed E-state index contributed by atoms with van der Waals surface area (Å²) in [5.41, 5.74) is -1.77. The number of nitrogens with one attached hydrogen (secondary N) is 1. The van der Waals surface area contributed by atoms with Crippen molar-refractivity contribution in [3.63, 3.8) is 0 Å². The number of halogens is 5. The highest BCUT2D eigenvalue weighted by molar-refractivity contribution is 8.14. The number of fused-ring (bicyclic) bond motifs is 1. The third-order valence-electron chi connectivity index (χ3n) is 2.13. The van der Waals surface area contributed by atoms with Gasteiger partial charge in [0.2, 0.25) is 5.28 Å². The maximum Gasteiger partial charge on any atom is 0.417 e. The number of nitrogens with zero attached hydrogens (tertiary/aromatic N) is 1. The van der Waals surface area contributed by atoms with Crippen molar-refractivity contribution in [2.75, 3.05) is 0 Å². The molecule has 98 valence electrons. The second-order valence-electron chi connectivity index (χ2n) is 3.30. The lowest BCUT2D eigenvalue weighted by molar-refractivity contribution is -0.139. The first-order chi connectivity index (χ1) is 8.10. The average Bonchev–Trinajstić information content (AvgIpc) is 2.52. The van der Waals surface area contributed by atoms with E-state index < -0.39 is 31.2 Å². The molecule has 0 spiro atoms. The predicted octanol–water partition coefficient (Wildman–Crippen LogP) is 3.16. The Morgan fingerprint density at radius 1 is 1.28 bits per heavy atom. The molecule has 1 aromatic heterocycles. The Bertz CT molecular complexity index is 724. The van der Waals surface area contributed by atoms with Gasteiger partial charge in [-0.15, -0.1) is 0 Å². The van der Waals surface area contributed by atoms with E-state index in [1.807, 2.05) is 0 Å². The summed E-state index contributed by atoms with van der Waals surface area (Å²) >= 11 is 5.49. The van der Waals surface area contributed by atoms with E-state index in [4.69, 9.17) is 22.3 Å². The number of H-pyrrole nitrogens is 1. The van der Waals surface area contributed by atoms with Gasteiger partial charge in [-0.05, 0) is 23.7 Å². The lowest BCUT2D eigenvalue weighted by atomic mass is 10.2. The molecule has 0 radical (unpaired) electrons. The van der Waals surface area contributed by atoms with Crippen LogP contribution in [-0.4, -0.2) is 18.4 Å². The molecule has 1 heterocycles. The van der Waals surface area contributed by atoms with E-state index >= 15 is 0 Å². The van der Waals surface area contributed by atoms with Gasteiger partial charge >= 0.3 is 6.18 Å². The maximum absolute atomic E-state index is 12.7. The third-order valence-corrected chi connectivity index (χ3v) is 3.67. The Morgan fingerprint density at radius 3 is 2.39 bits per heavy atom. The summed E-state index contributed by atoms with van der Waals surface area (Å²) in [6, 6.07) is 1.63. The van der Waals surface area contributed by atoms with E-state index in [9.17, 15) is 21.6 Å². The van der Waals surface area contributed by atoms with Crippen LogP contribution in [0.5, 0.6) is 0 Å². The van der Waals surface area contributed by atoms with Crippen LogP contribution in [0, 0.1) is 0 Å². The SMILES string of the molecule is O=S(=O)(Cl)c1c(C(F)(F)F)ccc2[nH]c(Cl)nc12. The van der Waals surface area contributed by atoms with Crippen molar-refractivity contribution in [1.29, 1.82) is 0 Å². The standard InChI is InChI=1S/C8H3Cl2F3N2O2S/c9-7-14-4-2-1-3(8(11,12)13)6(5(4)15-7)18(10,16)17/h1-2H,(H,14,15). The fraction of sp³-hybridized carbons (Fsp3) is 0.125. The number of hydrogen-bond donors (Lipinski definition) is 1. The first-order valence-electron chi connectivity index (χ1n) is 4.31. The molecule has 0 saturated carbocycles. The minimum atomic E-state index is -4.86. The monoisotopic (exact) mass is 318 g/mol. The maximum atomic E-state index is 12.7. The van der Waals surface area contributed by atoms with E-state index in [0.29, 0.717) is 6.07 Å². The van der Waals surface area contributed by atoms with Crippen LogP contribution in [0.1, 0.15) is 5.56 Å². The second kappa shape index (κ2) is 4.01. The first-order valence-corrected chi connectivity index (χ1v) is 6.99. The number of aromatic amines is 1. The zero-order valence-corrected chi connectivity index (χ0v) is 10.5. The molecule has 1 N–H and O–H groups in total. The molecule has 0 aliphatic carbocycles. The van der Waals surface area contributed by atoms with Gasteiger partial charge in [0.05, 0.1) is 11.1 Å². The summed E-state index contributed by atoms with van der Waals surface area (Å²) in [5, 5.41) is -0.231. The topological polar surface area (TPSA) is 62.8 Å². The highest BCUT2D eigenvalue weighted by Gasteiger charge is 2.38. The van der Waals surface area contributed by atoms with Gasteiger partial charge in [0.1, 0.15) is 10.4 Å². The van der Waals surface area contributed by atoms with Crippen LogP contribution in [0.4, 0.5) is 13.2 Å². The fourth-order valence-electron chi connectivity index (χ4n) is 1.49. The first kappa shape index (κ1) is 13.4. The summed E-state index contributed by atoms with van der Waals surface area (Å²) in [6.45, 7) is 0. The van der Waals surface area contributed by atoms with E-state index in [2.05, 4.69) is 9.97 Å². The van der Waals surface area contributed by atoms with Crippen LogP contribution >= 0.6 is 22.3 Å². The van der Waals surface area contributed by atoms with E-state index in [-0.39, 0.29) is 10.8 Å². The van der Waals surface area contributed by atoms with Crippen LogP contribution in [0.2, 0.25) is 5.28 Å². The number of imidazole rings is 1. The lowest BCUT2D eigenvalue weighted by Gasteiger charge is -2.10. The van der Waals surface area contributed by atoms with Crippen molar-refractivity contribution in [2.24, 2.45) is 0 Å². The van der Waals surface area contributed by atoms with Gasteiger partial charge in [-0.2, -0.15) is 13.2 Å². The number of rotatable bonds is 1. The van der Waals surface area contributed by atoms with Gasteiger partial charge in [-0.1, -0.05) is 0 Å². The number of benzene rings is 1. The Morgan fingerprint density at radius 2 is 1.89 bits per heavy atom. The van der Waals surface area contributed by atoms with Gasteiger partial charge in [-0.3, -0.25) is 0 Å². The molecule has 0 saturated heterocycles. The van der Waals surface area contributed by atoms with Crippen molar-refractivity contribution in [3.05, 3.63) is 23.0 Å². The third kappa shape index (κ3) is 2.27. The molecule has 0 unspecified atom stereocenters. The van der Waals surface area contributed by atoms with Crippen molar-refractivity contribution < 1.29 is 21.6 Å². The highest BCUT2D eigenvalue weighted by Crippen LogP contribution is 2.38. The van der Waals surface area contributed by atoms with Crippen LogP contribution in [-0.2, 0) is 15.2 Å². The summed E-state index contributed by atoms with van der Waals surface area (Å²) < 4.78 is 60.7. The molecule has 10 heteroatoms. The zero-order chi connectivity index (χ0) is 13.7. The number of hydrogen-bond acceptors (Lipinski definition) is 3. The Hall–Kier alpha value is -0.990. The summed E-state index contributed by atoms with van der Waals surface area (Å²) in [7, 11) is 0.414. The molecule has 18 heavy (non-hydrogen) atoms. The molecule has 0 amide bonds. The predicted molar refractivity (Wildman–Crippen MR) is 59.1 cm³/mol. The molecule has 1 aromatic carbocycles. The molecule has 0 aliphatic rings. The minimum Gasteiger partial charge on any atom is -0.329 e. The van der Waals surface area contributed by atoms with Crippen molar-refractivity contribution in [2.45, 2.75) is 11.1 Å². The van der Waals surface area contributed by atoms with Crippen LogP contribution in [0.3, 0.4) is 0 Å².